The first-order valence-electron chi connectivity index (χ1n) is 7.23. The molecule has 0 N–H and O–H groups in total. The van der Waals surface area contributed by atoms with Gasteiger partial charge in [-0.25, -0.2) is 9.50 Å². The summed E-state index contributed by atoms with van der Waals surface area (Å²) in [5.41, 5.74) is 2.67. The van der Waals surface area contributed by atoms with Gasteiger partial charge in [-0.2, -0.15) is 0 Å². The number of ether oxygens (including phenoxy) is 2. The molecular weight excluding hydrogens is 278 g/mol. The van der Waals surface area contributed by atoms with Crippen molar-refractivity contribution < 1.29 is 9.47 Å². The lowest BCUT2D eigenvalue weighted by Gasteiger charge is -2.07. The molecule has 0 saturated carbocycles. The van der Waals surface area contributed by atoms with Crippen LogP contribution in [0.3, 0.4) is 0 Å². The van der Waals surface area contributed by atoms with Crippen molar-refractivity contribution in [1.29, 1.82) is 0 Å². The fraction of sp³-hybridized carbons (Fsp3) is 0.235. The summed E-state index contributed by atoms with van der Waals surface area (Å²) >= 11 is 0. The van der Waals surface area contributed by atoms with Crippen molar-refractivity contribution in [3.63, 3.8) is 0 Å². The van der Waals surface area contributed by atoms with E-state index in [1.807, 2.05) is 36.4 Å². The van der Waals surface area contributed by atoms with Crippen LogP contribution in [0.2, 0.25) is 0 Å². The van der Waals surface area contributed by atoms with Gasteiger partial charge < -0.3 is 9.47 Å². The normalized spacial score (nSPS) is 10.8. The number of unbranched alkanes of at least 4 members (excludes halogenated alkanes) is 1. The van der Waals surface area contributed by atoms with Crippen LogP contribution in [0, 0.1) is 6.92 Å². The summed E-state index contributed by atoms with van der Waals surface area (Å²) in [5.74, 6) is 1.39. The maximum Gasteiger partial charge on any atom is 0.231 e. The maximum atomic E-state index is 5.64. The molecule has 0 atom stereocenters. The minimum Gasteiger partial charge on any atom is -0.497 e. The Morgan fingerprint density at radius 1 is 1.23 bits per heavy atom. The Labute approximate surface area is 129 Å². The Bertz CT molecular complexity index is 767. The van der Waals surface area contributed by atoms with Crippen molar-refractivity contribution in [2.24, 2.45) is 0 Å². The van der Waals surface area contributed by atoms with E-state index in [0.29, 0.717) is 12.5 Å². The molecule has 3 aromatic rings. The van der Waals surface area contributed by atoms with Gasteiger partial charge in [-0.05, 0) is 24.6 Å². The summed E-state index contributed by atoms with van der Waals surface area (Å²) < 4.78 is 12.7. The molecule has 5 nitrogen and oxygen atoms in total. The third-order valence-corrected chi connectivity index (χ3v) is 3.35. The minimum atomic E-state index is 0.586. The SMILES string of the molecule is [CH2]CCCOc1ccc2ncc(-c3cccc(OC)c3)n2n1. The summed E-state index contributed by atoms with van der Waals surface area (Å²) in [4.78, 5) is 4.38. The van der Waals surface area contributed by atoms with E-state index < -0.39 is 0 Å². The zero-order valence-electron chi connectivity index (χ0n) is 12.5. The van der Waals surface area contributed by atoms with Crippen LogP contribution in [-0.2, 0) is 0 Å². The molecule has 0 aliphatic carbocycles. The molecule has 0 fully saturated rings. The number of benzene rings is 1. The number of nitrogens with zero attached hydrogens (tertiary/aromatic N) is 3. The molecule has 0 aliphatic heterocycles. The molecule has 1 aromatic carbocycles. The van der Waals surface area contributed by atoms with Crippen LogP contribution in [-0.4, -0.2) is 28.3 Å². The predicted octanol–water partition coefficient (Wildman–Crippen LogP) is 3.40. The van der Waals surface area contributed by atoms with Gasteiger partial charge >= 0.3 is 0 Å². The van der Waals surface area contributed by atoms with Crippen LogP contribution in [0.25, 0.3) is 16.9 Å². The lowest BCUT2D eigenvalue weighted by Crippen LogP contribution is -2.02. The average molecular weight is 296 g/mol. The molecule has 5 heteroatoms. The second kappa shape index (κ2) is 6.47. The second-order valence-electron chi connectivity index (χ2n) is 4.87. The van der Waals surface area contributed by atoms with Crippen LogP contribution < -0.4 is 9.47 Å². The molecule has 0 unspecified atom stereocenters. The fourth-order valence-corrected chi connectivity index (χ4v) is 2.19. The quantitative estimate of drug-likeness (QED) is 0.654. The fourth-order valence-electron chi connectivity index (χ4n) is 2.19. The summed E-state index contributed by atoms with van der Waals surface area (Å²) in [6.45, 7) is 4.42. The van der Waals surface area contributed by atoms with E-state index in [2.05, 4.69) is 17.0 Å². The number of hydrogen-bond acceptors (Lipinski definition) is 4. The van der Waals surface area contributed by atoms with E-state index in [-0.39, 0.29) is 0 Å². The summed E-state index contributed by atoms with van der Waals surface area (Å²) in [7, 11) is 1.65. The number of fused-ring (bicyclic) bond motifs is 1. The van der Waals surface area contributed by atoms with Crippen LogP contribution in [0.15, 0.2) is 42.6 Å². The highest BCUT2D eigenvalue weighted by atomic mass is 16.5. The highest BCUT2D eigenvalue weighted by Gasteiger charge is 2.09. The van der Waals surface area contributed by atoms with E-state index in [9.17, 15) is 0 Å². The molecule has 0 bridgehead atoms. The summed E-state index contributed by atoms with van der Waals surface area (Å²) in [6, 6.07) is 11.6. The van der Waals surface area contributed by atoms with Crippen LogP contribution in [0.4, 0.5) is 0 Å². The number of imidazole rings is 1. The van der Waals surface area contributed by atoms with Crippen LogP contribution in [0.5, 0.6) is 11.6 Å². The Balaban J connectivity index is 1.97. The Morgan fingerprint density at radius 2 is 2.14 bits per heavy atom. The Morgan fingerprint density at radius 3 is 2.95 bits per heavy atom. The average Bonchev–Trinajstić information content (AvgIpc) is 2.98. The Kier molecular flexibility index (Phi) is 4.23. The minimum absolute atomic E-state index is 0.586. The first-order chi connectivity index (χ1) is 10.8. The van der Waals surface area contributed by atoms with Crippen LogP contribution in [0.1, 0.15) is 12.8 Å². The molecular formula is C17H18N3O2. The largest absolute Gasteiger partial charge is 0.497 e. The van der Waals surface area contributed by atoms with Gasteiger partial charge in [0.1, 0.15) is 5.75 Å². The van der Waals surface area contributed by atoms with E-state index >= 15 is 0 Å². The van der Waals surface area contributed by atoms with Gasteiger partial charge in [0.25, 0.3) is 0 Å². The smallest absolute Gasteiger partial charge is 0.231 e. The van der Waals surface area contributed by atoms with Gasteiger partial charge in [0.15, 0.2) is 5.65 Å². The number of aromatic nitrogens is 3. The molecule has 113 valence electrons. The summed E-state index contributed by atoms with van der Waals surface area (Å²) in [5, 5.41) is 4.51. The van der Waals surface area contributed by atoms with Crippen molar-refractivity contribution in [2.75, 3.05) is 13.7 Å². The molecule has 1 radical (unpaired) electrons. The third-order valence-electron chi connectivity index (χ3n) is 3.35. The number of methoxy groups -OCH3 is 1. The topological polar surface area (TPSA) is 48.7 Å². The van der Waals surface area contributed by atoms with Gasteiger partial charge in [0, 0.05) is 11.6 Å². The van der Waals surface area contributed by atoms with Gasteiger partial charge in [-0.1, -0.05) is 25.5 Å². The van der Waals surface area contributed by atoms with E-state index in [1.54, 1.807) is 17.8 Å². The lowest BCUT2D eigenvalue weighted by atomic mass is 10.1. The molecule has 22 heavy (non-hydrogen) atoms. The van der Waals surface area contributed by atoms with Crippen molar-refractivity contribution in [2.45, 2.75) is 12.8 Å². The standard InChI is InChI=1S/C17H18N3O2/c1-3-4-10-22-17-9-8-16-18-12-15(20(16)19-17)13-6-5-7-14(11-13)21-2/h5-9,11-12H,1,3-4,10H2,2H3. The van der Waals surface area contributed by atoms with E-state index in [4.69, 9.17) is 9.47 Å². The van der Waals surface area contributed by atoms with E-state index in [1.165, 1.54) is 0 Å². The zero-order valence-corrected chi connectivity index (χ0v) is 12.5. The van der Waals surface area contributed by atoms with Gasteiger partial charge in [0.05, 0.1) is 25.6 Å². The Hall–Kier alpha value is -2.56. The van der Waals surface area contributed by atoms with Crippen LogP contribution >= 0.6 is 0 Å². The first kappa shape index (κ1) is 14.4. The molecule has 0 amide bonds. The first-order valence-corrected chi connectivity index (χ1v) is 7.23. The zero-order chi connectivity index (χ0) is 15.4. The van der Waals surface area contributed by atoms with Crippen molar-refractivity contribution >= 4 is 5.65 Å². The lowest BCUT2D eigenvalue weighted by molar-refractivity contribution is 0.295. The molecule has 2 aromatic heterocycles. The molecule has 0 aliphatic rings. The molecule has 0 saturated heterocycles. The summed E-state index contributed by atoms with van der Waals surface area (Å²) in [6.07, 6.45) is 3.56. The second-order valence-corrected chi connectivity index (χ2v) is 4.87. The van der Waals surface area contributed by atoms with E-state index in [0.717, 1.165) is 35.5 Å². The number of rotatable bonds is 6. The molecule has 0 spiro atoms. The molecule has 2 heterocycles. The van der Waals surface area contributed by atoms with Gasteiger partial charge in [0.2, 0.25) is 5.88 Å². The highest BCUT2D eigenvalue weighted by molar-refractivity contribution is 5.64. The van der Waals surface area contributed by atoms with Gasteiger partial charge in [-0.15, -0.1) is 5.10 Å². The molecule has 3 rings (SSSR count). The van der Waals surface area contributed by atoms with Gasteiger partial charge in [-0.3, -0.25) is 0 Å². The third kappa shape index (κ3) is 2.88. The number of hydrogen-bond donors (Lipinski definition) is 0. The van der Waals surface area contributed by atoms with Crippen molar-refractivity contribution in [3.05, 3.63) is 49.5 Å². The monoisotopic (exact) mass is 296 g/mol. The predicted molar refractivity (Wildman–Crippen MR) is 85.1 cm³/mol. The van der Waals surface area contributed by atoms with Crippen molar-refractivity contribution in [1.82, 2.24) is 14.6 Å². The maximum absolute atomic E-state index is 5.64. The highest BCUT2D eigenvalue weighted by Crippen LogP contribution is 2.24. The van der Waals surface area contributed by atoms with Crippen molar-refractivity contribution in [3.8, 4) is 22.9 Å².